The first kappa shape index (κ1) is 21.4. The maximum Gasteiger partial charge on any atom is 0.417 e. The molecule has 0 radical (unpaired) electrons. The minimum Gasteiger partial charge on any atom is -0.352 e. The van der Waals surface area contributed by atoms with Gasteiger partial charge in [0, 0.05) is 13.6 Å². The van der Waals surface area contributed by atoms with Crippen LogP contribution >= 0.6 is 11.6 Å². The molecule has 2 aromatic carbocycles. The van der Waals surface area contributed by atoms with Crippen LogP contribution in [0.4, 0.5) is 23.7 Å². The maximum atomic E-state index is 12.9. The molecule has 158 valence electrons. The van der Waals surface area contributed by atoms with Crippen LogP contribution in [0.1, 0.15) is 21.7 Å². The summed E-state index contributed by atoms with van der Waals surface area (Å²) >= 11 is 5.76. The number of nitrogens with zero attached hydrogens (tertiary/aromatic N) is 1. The number of alkyl halides is 3. The molecule has 1 aromatic heterocycles. The van der Waals surface area contributed by atoms with Gasteiger partial charge in [0.1, 0.15) is 0 Å². The van der Waals surface area contributed by atoms with Crippen LogP contribution < -0.4 is 16.0 Å². The second kappa shape index (κ2) is 8.62. The summed E-state index contributed by atoms with van der Waals surface area (Å²) in [5.41, 5.74) is 1.01. The molecule has 0 unspecified atom stereocenters. The van der Waals surface area contributed by atoms with Crippen molar-refractivity contribution in [3.8, 4) is 0 Å². The highest BCUT2D eigenvalue weighted by Crippen LogP contribution is 2.38. The van der Waals surface area contributed by atoms with E-state index in [-0.39, 0.29) is 24.0 Å². The molecule has 0 saturated carbocycles. The highest BCUT2D eigenvalue weighted by molar-refractivity contribution is 6.34. The number of hydrogen-bond donors (Lipinski definition) is 4. The molecule has 0 aliphatic rings. The van der Waals surface area contributed by atoms with E-state index in [0.717, 1.165) is 17.7 Å². The maximum absolute atomic E-state index is 12.9. The number of nitrogens with one attached hydrogen (secondary N) is 4. The number of hydrogen-bond acceptors (Lipinski definition) is 3. The van der Waals surface area contributed by atoms with Crippen molar-refractivity contribution in [3.05, 3.63) is 58.4 Å². The lowest BCUT2D eigenvalue weighted by atomic mass is 10.1. The van der Waals surface area contributed by atoms with Crippen LogP contribution in [0.15, 0.2) is 36.4 Å². The van der Waals surface area contributed by atoms with Crippen molar-refractivity contribution < 1.29 is 22.8 Å². The van der Waals surface area contributed by atoms with Gasteiger partial charge < -0.3 is 20.9 Å². The first-order valence-corrected chi connectivity index (χ1v) is 9.18. The Morgan fingerprint density at radius 1 is 1.20 bits per heavy atom. The molecule has 1 heterocycles. The largest absolute Gasteiger partial charge is 0.417 e. The van der Waals surface area contributed by atoms with Gasteiger partial charge in [0.2, 0.25) is 0 Å². The first-order valence-electron chi connectivity index (χ1n) is 8.80. The number of amides is 3. The van der Waals surface area contributed by atoms with Gasteiger partial charge in [-0.2, -0.15) is 13.2 Å². The average Bonchev–Trinajstić information content (AvgIpc) is 3.11. The third-order valence-electron chi connectivity index (χ3n) is 4.24. The standard InChI is InChI=1S/C19H17ClF3N5O2/c1-24-17(29)16-26-12-6-5-10(9-14(12)27-16)7-8-25-18(30)28-13-4-2-3-11(15(13)20)19(21,22)23/h2-6,9H,7-8H2,1H3,(H,24,29)(H,26,27)(H2,25,28,30). The molecule has 4 N–H and O–H groups in total. The highest BCUT2D eigenvalue weighted by atomic mass is 35.5. The fourth-order valence-electron chi connectivity index (χ4n) is 2.77. The number of fused-ring (bicyclic) bond motifs is 1. The molecule has 11 heteroatoms. The molecule has 30 heavy (non-hydrogen) atoms. The van der Waals surface area contributed by atoms with E-state index in [2.05, 4.69) is 25.9 Å². The summed E-state index contributed by atoms with van der Waals surface area (Å²) in [6, 6.07) is 7.96. The minimum absolute atomic E-state index is 0.135. The SMILES string of the molecule is CNC(=O)c1nc2ccc(CCNC(=O)Nc3cccc(C(F)(F)F)c3Cl)cc2[nH]1. The van der Waals surface area contributed by atoms with Crippen LogP contribution in [0.5, 0.6) is 0 Å². The molecule has 0 aliphatic carbocycles. The number of imidazole rings is 1. The molecular weight excluding hydrogens is 423 g/mol. The number of aromatic amines is 1. The second-order valence-electron chi connectivity index (χ2n) is 6.31. The summed E-state index contributed by atoms with van der Waals surface area (Å²) in [6.07, 6.45) is -4.16. The van der Waals surface area contributed by atoms with Crippen molar-refractivity contribution in [1.82, 2.24) is 20.6 Å². The number of carbonyl (C=O) groups excluding carboxylic acids is 2. The van der Waals surface area contributed by atoms with Crippen molar-refractivity contribution >= 4 is 40.3 Å². The van der Waals surface area contributed by atoms with Crippen molar-refractivity contribution in [1.29, 1.82) is 0 Å². The molecule has 7 nitrogen and oxygen atoms in total. The number of benzene rings is 2. The molecule has 0 bridgehead atoms. The van der Waals surface area contributed by atoms with Gasteiger partial charge >= 0.3 is 12.2 Å². The van der Waals surface area contributed by atoms with Gasteiger partial charge in [-0.15, -0.1) is 0 Å². The quantitative estimate of drug-likeness (QED) is 0.484. The number of anilines is 1. The Hall–Kier alpha value is -3.27. The Balaban J connectivity index is 1.59. The zero-order chi connectivity index (χ0) is 21.9. The van der Waals surface area contributed by atoms with E-state index in [1.54, 1.807) is 18.2 Å². The number of urea groups is 1. The topological polar surface area (TPSA) is 98.9 Å². The lowest BCUT2D eigenvalue weighted by molar-refractivity contribution is -0.137. The average molecular weight is 440 g/mol. The van der Waals surface area contributed by atoms with Crippen molar-refractivity contribution in [2.45, 2.75) is 12.6 Å². The summed E-state index contributed by atoms with van der Waals surface area (Å²) in [5.74, 6) is -0.139. The zero-order valence-corrected chi connectivity index (χ0v) is 16.4. The summed E-state index contributed by atoms with van der Waals surface area (Å²) in [7, 11) is 1.50. The Kier molecular flexibility index (Phi) is 6.16. The third kappa shape index (κ3) is 4.82. The lowest BCUT2D eigenvalue weighted by Crippen LogP contribution is -2.30. The summed E-state index contributed by atoms with van der Waals surface area (Å²) in [5, 5.41) is 6.79. The van der Waals surface area contributed by atoms with Gasteiger partial charge in [0.25, 0.3) is 5.91 Å². The number of aromatic nitrogens is 2. The third-order valence-corrected chi connectivity index (χ3v) is 4.65. The van der Waals surface area contributed by atoms with Gasteiger partial charge in [-0.25, -0.2) is 9.78 Å². The number of halogens is 4. The van der Waals surface area contributed by atoms with E-state index < -0.39 is 22.8 Å². The number of H-pyrrole nitrogens is 1. The molecular formula is C19H17ClF3N5O2. The van der Waals surface area contributed by atoms with E-state index in [9.17, 15) is 22.8 Å². The van der Waals surface area contributed by atoms with E-state index in [0.29, 0.717) is 17.5 Å². The lowest BCUT2D eigenvalue weighted by Gasteiger charge is -2.13. The van der Waals surface area contributed by atoms with Gasteiger partial charge in [0.05, 0.1) is 27.3 Å². The van der Waals surface area contributed by atoms with E-state index in [1.165, 1.54) is 13.1 Å². The predicted molar refractivity (Wildman–Crippen MR) is 107 cm³/mol. The molecule has 0 fully saturated rings. The van der Waals surface area contributed by atoms with Gasteiger partial charge in [-0.05, 0) is 36.2 Å². The molecule has 0 atom stereocenters. The Morgan fingerprint density at radius 3 is 2.67 bits per heavy atom. The fraction of sp³-hybridized carbons (Fsp3) is 0.211. The predicted octanol–water partition coefficient (Wildman–Crippen LogP) is 3.96. The van der Waals surface area contributed by atoms with E-state index in [4.69, 9.17) is 11.6 Å². The zero-order valence-electron chi connectivity index (χ0n) is 15.7. The molecule has 3 aromatic rings. The van der Waals surface area contributed by atoms with Crippen LogP contribution in [-0.2, 0) is 12.6 Å². The minimum atomic E-state index is -4.62. The normalized spacial score (nSPS) is 11.4. The Morgan fingerprint density at radius 2 is 1.97 bits per heavy atom. The van der Waals surface area contributed by atoms with Crippen LogP contribution in [0.25, 0.3) is 11.0 Å². The van der Waals surface area contributed by atoms with Gasteiger partial charge in [-0.1, -0.05) is 23.7 Å². The molecule has 0 spiro atoms. The van der Waals surface area contributed by atoms with Crippen molar-refractivity contribution in [2.24, 2.45) is 0 Å². The second-order valence-corrected chi connectivity index (χ2v) is 6.69. The van der Waals surface area contributed by atoms with Crippen LogP contribution in [0.3, 0.4) is 0 Å². The number of rotatable bonds is 5. The molecule has 0 aliphatic heterocycles. The van der Waals surface area contributed by atoms with Crippen molar-refractivity contribution in [2.75, 3.05) is 18.9 Å². The summed E-state index contributed by atoms with van der Waals surface area (Å²) in [4.78, 5) is 30.7. The van der Waals surface area contributed by atoms with Gasteiger partial charge in [-0.3, -0.25) is 4.79 Å². The fourth-order valence-corrected chi connectivity index (χ4v) is 3.05. The molecule has 3 rings (SSSR count). The molecule has 0 saturated heterocycles. The van der Waals surface area contributed by atoms with Gasteiger partial charge in [0.15, 0.2) is 5.82 Å². The Bertz CT molecular complexity index is 1100. The Labute approximate surface area is 174 Å². The summed E-state index contributed by atoms with van der Waals surface area (Å²) < 4.78 is 38.7. The highest BCUT2D eigenvalue weighted by Gasteiger charge is 2.34. The summed E-state index contributed by atoms with van der Waals surface area (Å²) in [6.45, 7) is 0.227. The van der Waals surface area contributed by atoms with E-state index >= 15 is 0 Å². The monoisotopic (exact) mass is 439 g/mol. The van der Waals surface area contributed by atoms with E-state index in [1.807, 2.05) is 0 Å². The van der Waals surface area contributed by atoms with Crippen LogP contribution in [0.2, 0.25) is 5.02 Å². The first-order chi connectivity index (χ1) is 14.2. The molecule has 3 amide bonds. The van der Waals surface area contributed by atoms with Crippen LogP contribution in [-0.4, -0.2) is 35.5 Å². The van der Waals surface area contributed by atoms with Crippen molar-refractivity contribution in [3.63, 3.8) is 0 Å². The number of carbonyl (C=O) groups is 2. The smallest absolute Gasteiger partial charge is 0.352 e. The van der Waals surface area contributed by atoms with Crippen LogP contribution in [0, 0.1) is 0 Å².